The molecule has 0 aliphatic rings. The molecule has 0 saturated carbocycles. The van der Waals surface area contributed by atoms with Gasteiger partial charge in [-0.15, -0.1) is 11.3 Å². The maximum Gasteiger partial charge on any atom is 0.331 e. The molecule has 2 heterocycles. The van der Waals surface area contributed by atoms with Crippen LogP contribution < -0.4 is 0 Å². The van der Waals surface area contributed by atoms with Crippen LogP contribution in [-0.2, 0) is 9.53 Å². The lowest BCUT2D eigenvalue weighted by atomic mass is 10.2. The van der Waals surface area contributed by atoms with E-state index in [9.17, 15) is 9.59 Å². The number of rotatable bonds is 6. The van der Waals surface area contributed by atoms with E-state index in [2.05, 4.69) is 5.10 Å². The molecule has 0 radical (unpaired) electrons. The van der Waals surface area contributed by atoms with Crippen LogP contribution in [0.1, 0.15) is 26.6 Å². The van der Waals surface area contributed by atoms with Crippen LogP contribution in [0.15, 0.2) is 53.9 Å². The van der Waals surface area contributed by atoms with Crippen LogP contribution in [0.2, 0.25) is 0 Å². The van der Waals surface area contributed by atoms with Gasteiger partial charge in [0.2, 0.25) is 5.78 Å². The highest BCUT2D eigenvalue weighted by molar-refractivity contribution is 7.12. The Balaban J connectivity index is 1.67. The van der Waals surface area contributed by atoms with Gasteiger partial charge in [-0.1, -0.05) is 24.3 Å². The Hall–Kier alpha value is -2.99. The molecule has 0 spiro atoms. The van der Waals surface area contributed by atoms with Crippen molar-refractivity contribution >= 4 is 29.2 Å². The summed E-state index contributed by atoms with van der Waals surface area (Å²) in [5.74, 6) is -0.757. The van der Waals surface area contributed by atoms with Crippen LogP contribution in [0, 0.1) is 13.8 Å². The second-order valence-corrected chi connectivity index (χ2v) is 6.62. The lowest BCUT2D eigenvalue weighted by Gasteiger charge is -2.03. The van der Waals surface area contributed by atoms with Crippen LogP contribution in [0.5, 0.6) is 0 Å². The molecule has 1 aromatic carbocycles. The lowest BCUT2D eigenvalue weighted by Crippen LogP contribution is -2.11. The first-order chi connectivity index (χ1) is 12.6. The summed E-state index contributed by atoms with van der Waals surface area (Å²) in [5.41, 5.74) is 3.55. The third-order valence-electron chi connectivity index (χ3n) is 3.88. The van der Waals surface area contributed by atoms with Gasteiger partial charge in [-0.25, -0.2) is 9.48 Å². The summed E-state index contributed by atoms with van der Waals surface area (Å²) in [7, 11) is 0. The van der Waals surface area contributed by atoms with Crippen molar-refractivity contribution < 1.29 is 14.3 Å². The molecule has 0 unspecified atom stereocenters. The van der Waals surface area contributed by atoms with Crippen molar-refractivity contribution in [2.75, 3.05) is 6.61 Å². The fraction of sp³-hybridized carbons (Fsp3) is 0.150. The molecule has 0 amide bonds. The first-order valence-electron chi connectivity index (χ1n) is 8.09. The number of ketones is 1. The van der Waals surface area contributed by atoms with Gasteiger partial charge >= 0.3 is 5.97 Å². The monoisotopic (exact) mass is 366 g/mol. The molecule has 6 heteroatoms. The molecular formula is C20H18N2O3S. The maximum absolute atomic E-state index is 11.9. The highest BCUT2D eigenvalue weighted by atomic mass is 32.1. The van der Waals surface area contributed by atoms with Crippen LogP contribution >= 0.6 is 11.3 Å². The third-order valence-corrected chi connectivity index (χ3v) is 4.79. The van der Waals surface area contributed by atoms with Gasteiger partial charge in [0.1, 0.15) is 0 Å². The number of benzene rings is 1. The minimum Gasteiger partial charge on any atom is -0.454 e. The van der Waals surface area contributed by atoms with Gasteiger partial charge in [-0.3, -0.25) is 4.79 Å². The van der Waals surface area contributed by atoms with E-state index >= 15 is 0 Å². The van der Waals surface area contributed by atoms with E-state index in [1.54, 1.807) is 18.2 Å². The maximum atomic E-state index is 11.9. The number of hydrogen-bond donors (Lipinski definition) is 0. The first-order valence-corrected chi connectivity index (χ1v) is 8.97. The normalized spacial score (nSPS) is 11.0. The number of esters is 1. The Morgan fingerprint density at radius 3 is 2.62 bits per heavy atom. The van der Waals surface area contributed by atoms with Crippen molar-refractivity contribution in [3.05, 3.63) is 75.7 Å². The molecule has 3 rings (SSSR count). The Morgan fingerprint density at radius 2 is 1.92 bits per heavy atom. The van der Waals surface area contributed by atoms with Crippen LogP contribution in [0.3, 0.4) is 0 Å². The molecule has 3 aromatic rings. The number of aryl methyl sites for hydroxylation is 1. The summed E-state index contributed by atoms with van der Waals surface area (Å²) in [6.07, 6.45) is 3.00. The molecule has 0 aliphatic heterocycles. The van der Waals surface area contributed by atoms with Gasteiger partial charge in [0, 0.05) is 17.3 Å². The van der Waals surface area contributed by atoms with Crippen molar-refractivity contribution in [1.82, 2.24) is 9.78 Å². The molecule has 0 bridgehead atoms. The number of thiophene rings is 1. The van der Waals surface area contributed by atoms with E-state index in [0.717, 1.165) is 22.6 Å². The molecule has 0 atom stereocenters. The molecule has 0 saturated heterocycles. The van der Waals surface area contributed by atoms with Gasteiger partial charge < -0.3 is 4.74 Å². The van der Waals surface area contributed by atoms with Crippen molar-refractivity contribution in [1.29, 1.82) is 0 Å². The number of Topliss-reactive ketones (excluding diaryl/α,β-unsaturated/α-hetero) is 1. The number of hydrogen-bond acceptors (Lipinski definition) is 5. The van der Waals surface area contributed by atoms with Gasteiger partial charge in [0.25, 0.3) is 0 Å². The molecule has 132 valence electrons. The Kier molecular flexibility index (Phi) is 5.43. The average molecular weight is 366 g/mol. The first kappa shape index (κ1) is 17.8. The zero-order valence-electron chi connectivity index (χ0n) is 14.5. The number of carbonyl (C=O) groups excluding carboxylic acids is 2. The predicted octanol–water partition coefficient (Wildman–Crippen LogP) is 3.99. The second-order valence-electron chi connectivity index (χ2n) is 5.67. The van der Waals surface area contributed by atoms with E-state index in [1.165, 1.54) is 17.4 Å². The Bertz CT molecular complexity index is 941. The zero-order chi connectivity index (χ0) is 18.5. The fourth-order valence-corrected chi connectivity index (χ4v) is 3.21. The molecule has 5 nitrogen and oxygen atoms in total. The van der Waals surface area contributed by atoms with Crippen LogP contribution in [0.4, 0.5) is 0 Å². The smallest absolute Gasteiger partial charge is 0.331 e. The van der Waals surface area contributed by atoms with Gasteiger partial charge in [0.05, 0.1) is 16.3 Å². The number of carbonyl (C=O) groups is 2. The standard InChI is InChI=1S/C20H18N2O3S/c1-14-17(15(2)22(21-14)16-7-4-3-5-8-16)10-11-20(24)25-13-18(23)19-9-6-12-26-19/h3-12H,13H2,1-2H3/b11-10+. The minimum atomic E-state index is -0.554. The molecule has 0 aliphatic carbocycles. The number of aromatic nitrogens is 2. The summed E-state index contributed by atoms with van der Waals surface area (Å²) in [5, 5.41) is 6.34. The molecule has 0 fully saturated rings. The van der Waals surface area contributed by atoms with E-state index in [0.29, 0.717) is 4.88 Å². The number of para-hydroxylation sites is 1. The molecule has 26 heavy (non-hydrogen) atoms. The summed E-state index contributed by atoms with van der Waals surface area (Å²) < 4.78 is 6.86. The summed E-state index contributed by atoms with van der Waals surface area (Å²) >= 11 is 1.33. The zero-order valence-corrected chi connectivity index (χ0v) is 15.3. The number of nitrogens with zero attached hydrogens (tertiary/aromatic N) is 2. The van der Waals surface area contributed by atoms with E-state index < -0.39 is 5.97 Å². The largest absolute Gasteiger partial charge is 0.454 e. The van der Waals surface area contributed by atoms with Gasteiger partial charge in [-0.05, 0) is 43.5 Å². The topological polar surface area (TPSA) is 61.2 Å². The summed E-state index contributed by atoms with van der Waals surface area (Å²) in [6, 6.07) is 13.3. The average Bonchev–Trinajstić information content (AvgIpc) is 3.28. The van der Waals surface area contributed by atoms with Gasteiger partial charge in [0.15, 0.2) is 6.61 Å². The molecule has 2 aromatic heterocycles. The van der Waals surface area contributed by atoms with Crippen molar-refractivity contribution in [3.63, 3.8) is 0 Å². The van der Waals surface area contributed by atoms with Crippen molar-refractivity contribution in [2.45, 2.75) is 13.8 Å². The van der Waals surface area contributed by atoms with Crippen LogP contribution in [0.25, 0.3) is 11.8 Å². The van der Waals surface area contributed by atoms with Crippen molar-refractivity contribution in [2.24, 2.45) is 0 Å². The molecule has 0 N–H and O–H groups in total. The van der Waals surface area contributed by atoms with Crippen molar-refractivity contribution in [3.8, 4) is 5.69 Å². The summed E-state index contributed by atoms with van der Waals surface area (Å²) in [6.45, 7) is 3.57. The lowest BCUT2D eigenvalue weighted by molar-refractivity contribution is -0.136. The highest BCUT2D eigenvalue weighted by Crippen LogP contribution is 2.19. The minimum absolute atomic E-state index is 0.203. The Labute approximate surface area is 155 Å². The van der Waals surface area contributed by atoms with Crippen LogP contribution in [-0.4, -0.2) is 28.1 Å². The fourth-order valence-electron chi connectivity index (χ4n) is 2.56. The SMILES string of the molecule is Cc1nn(-c2ccccc2)c(C)c1/C=C/C(=O)OCC(=O)c1cccs1. The second kappa shape index (κ2) is 7.93. The quantitative estimate of drug-likeness (QED) is 0.376. The van der Waals surface area contributed by atoms with E-state index in [4.69, 9.17) is 4.74 Å². The highest BCUT2D eigenvalue weighted by Gasteiger charge is 2.12. The Morgan fingerprint density at radius 1 is 1.15 bits per heavy atom. The van der Waals surface area contributed by atoms with E-state index in [-0.39, 0.29) is 12.4 Å². The molecular weight excluding hydrogens is 348 g/mol. The van der Waals surface area contributed by atoms with E-state index in [1.807, 2.05) is 54.2 Å². The van der Waals surface area contributed by atoms with Gasteiger partial charge in [-0.2, -0.15) is 5.10 Å². The number of ether oxygens (including phenoxy) is 1. The summed E-state index contributed by atoms with van der Waals surface area (Å²) in [4.78, 5) is 24.3. The predicted molar refractivity (Wildman–Crippen MR) is 102 cm³/mol. The third kappa shape index (κ3) is 3.97.